The zero-order valence-electron chi connectivity index (χ0n) is 21.6. The van der Waals surface area contributed by atoms with E-state index in [4.69, 9.17) is 16.3 Å². The summed E-state index contributed by atoms with van der Waals surface area (Å²) < 4.78 is 5.89. The summed E-state index contributed by atoms with van der Waals surface area (Å²) in [6.45, 7) is 1.34. The van der Waals surface area contributed by atoms with Gasteiger partial charge in [0.15, 0.2) is 6.61 Å². The number of anilines is 2. The number of amides is 3. The minimum atomic E-state index is -0.688. The molecule has 2 bridgehead atoms. The molecule has 9 heteroatoms. The molecule has 40 heavy (non-hydrogen) atoms. The lowest BCUT2D eigenvalue weighted by Gasteiger charge is -2.28. The van der Waals surface area contributed by atoms with Crippen molar-refractivity contribution in [2.24, 2.45) is 23.7 Å². The van der Waals surface area contributed by atoms with Crippen LogP contribution in [0.4, 0.5) is 11.4 Å². The van der Waals surface area contributed by atoms with Gasteiger partial charge in [-0.25, -0.2) is 4.79 Å². The van der Waals surface area contributed by atoms with Crippen molar-refractivity contribution in [3.05, 3.63) is 92.9 Å². The van der Waals surface area contributed by atoms with Gasteiger partial charge in [0.05, 0.1) is 28.1 Å². The van der Waals surface area contributed by atoms with Crippen molar-refractivity contribution in [1.29, 1.82) is 0 Å². The molecule has 2 aliphatic carbocycles. The number of nitrogens with one attached hydrogen (secondary N) is 1. The molecule has 3 aromatic rings. The van der Waals surface area contributed by atoms with Crippen molar-refractivity contribution >= 4 is 62.6 Å². The summed E-state index contributed by atoms with van der Waals surface area (Å²) in [6, 6.07) is 19.8. The van der Waals surface area contributed by atoms with Gasteiger partial charge in [0, 0.05) is 10.2 Å². The zero-order chi connectivity index (χ0) is 28.1. The van der Waals surface area contributed by atoms with Gasteiger partial charge in [-0.05, 0) is 101 Å². The molecule has 7 nitrogen and oxygen atoms in total. The maximum Gasteiger partial charge on any atom is 0.338 e. The lowest BCUT2D eigenvalue weighted by atomic mass is 9.73. The fraction of sp³-hybridized carbons (Fsp3) is 0.290. The number of hydrogen-bond donors (Lipinski definition) is 1. The fourth-order valence-corrected chi connectivity index (χ4v) is 7.35. The van der Waals surface area contributed by atoms with Crippen molar-refractivity contribution < 1.29 is 23.9 Å². The van der Waals surface area contributed by atoms with Gasteiger partial charge in [0.2, 0.25) is 11.8 Å². The second kappa shape index (κ2) is 10.5. The van der Waals surface area contributed by atoms with E-state index in [-0.39, 0.29) is 41.0 Å². The first-order chi connectivity index (χ1) is 19.2. The Hall–Kier alpha value is -3.49. The molecule has 3 fully saturated rings. The fourth-order valence-electron chi connectivity index (χ4n) is 6.73. The second-order valence-electron chi connectivity index (χ2n) is 10.7. The molecule has 3 aromatic carbocycles. The SMILES string of the molecule is Cc1cc(Br)c(Cl)cc1NC(=O)COC(=O)c1ccc(N2C(=O)[C@@H]3[C@@H]4C[C@@H]([C@H]3C2=O)[C@H](c2ccccc2)C4)cc1. The molecule has 6 rings (SSSR count). The molecule has 1 saturated heterocycles. The number of fused-ring (bicyclic) bond motifs is 5. The van der Waals surface area contributed by atoms with E-state index in [9.17, 15) is 19.2 Å². The summed E-state index contributed by atoms with van der Waals surface area (Å²) >= 11 is 9.43. The molecular weight excluding hydrogens is 596 g/mol. The van der Waals surface area contributed by atoms with Crippen molar-refractivity contribution in [3.63, 3.8) is 0 Å². The van der Waals surface area contributed by atoms with Crippen LogP contribution in [0.5, 0.6) is 0 Å². The Morgan fingerprint density at radius 2 is 1.70 bits per heavy atom. The van der Waals surface area contributed by atoms with Crippen molar-refractivity contribution in [3.8, 4) is 0 Å². The van der Waals surface area contributed by atoms with Crippen molar-refractivity contribution in [2.75, 3.05) is 16.8 Å². The molecule has 0 aromatic heterocycles. The standard InChI is InChI=1S/C31H26BrClN2O5/c1-16-11-23(32)24(33)14-25(16)34-26(36)15-40-31(39)18-7-9-20(10-8-18)35-29(37)27-19-12-21(17-5-3-2-4-6-17)22(13-19)28(27)30(35)38/h2-11,14,19,21-22,27-28H,12-13,15H2,1H3,(H,34,36)/t19-,21-,22+,27+,28+/m0/s1. The van der Waals surface area contributed by atoms with Gasteiger partial charge in [0.1, 0.15) is 0 Å². The highest BCUT2D eigenvalue weighted by atomic mass is 79.9. The first kappa shape index (κ1) is 26.7. The topological polar surface area (TPSA) is 92.8 Å². The summed E-state index contributed by atoms with van der Waals surface area (Å²) in [5.74, 6) is -1.41. The summed E-state index contributed by atoms with van der Waals surface area (Å²) in [7, 11) is 0. The molecule has 204 valence electrons. The largest absolute Gasteiger partial charge is 0.452 e. The average Bonchev–Trinajstić information content (AvgIpc) is 3.62. The predicted molar refractivity (Wildman–Crippen MR) is 154 cm³/mol. The highest BCUT2D eigenvalue weighted by Gasteiger charge is 2.64. The number of carbonyl (C=O) groups is 4. The Bertz CT molecular complexity index is 1530. The third kappa shape index (κ3) is 4.63. The molecule has 3 amide bonds. The third-order valence-electron chi connectivity index (χ3n) is 8.48. The third-order valence-corrected chi connectivity index (χ3v) is 9.68. The van der Waals surface area contributed by atoms with Crippen LogP contribution in [0, 0.1) is 30.6 Å². The molecule has 2 saturated carbocycles. The summed E-state index contributed by atoms with van der Waals surface area (Å²) in [6.07, 6.45) is 1.84. The normalized spacial score (nSPS) is 24.8. The van der Waals surface area contributed by atoms with Gasteiger partial charge >= 0.3 is 5.97 Å². The number of benzene rings is 3. The minimum Gasteiger partial charge on any atom is -0.452 e. The molecule has 0 spiro atoms. The van der Waals surface area contributed by atoms with Crippen LogP contribution in [0.15, 0.2) is 71.2 Å². The Morgan fingerprint density at radius 1 is 1.00 bits per heavy atom. The van der Waals surface area contributed by atoms with E-state index in [1.807, 2.05) is 25.1 Å². The van der Waals surface area contributed by atoms with Crippen LogP contribution in [0.2, 0.25) is 5.02 Å². The molecule has 1 N–H and O–H groups in total. The van der Waals surface area contributed by atoms with Crippen LogP contribution in [-0.2, 0) is 19.1 Å². The maximum absolute atomic E-state index is 13.5. The van der Waals surface area contributed by atoms with E-state index < -0.39 is 18.5 Å². The molecule has 0 unspecified atom stereocenters. The maximum atomic E-state index is 13.5. The average molecular weight is 622 g/mol. The molecular formula is C31H26BrClN2O5. The van der Waals surface area contributed by atoms with Crippen LogP contribution in [0.1, 0.15) is 40.2 Å². The Labute approximate surface area is 245 Å². The van der Waals surface area contributed by atoms with E-state index >= 15 is 0 Å². The quantitative estimate of drug-likeness (QED) is 0.264. The molecule has 1 aliphatic heterocycles. The number of halogens is 2. The Morgan fingerprint density at radius 3 is 2.42 bits per heavy atom. The highest BCUT2D eigenvalue weighted by molar-refractivity contribution is 9.10. The van der Waals surface area contributed by atoms with Crippen LogP contribution in [0.25, 0.3) is 0 Å². The minimum absolute atomic E-state index is 0.149. The highest BCUT2D eigenvalue weighted by Crippen LogP contribution is 2.61. The smallest absolute Gasteiger partial charge is 0.338 e. The predicted octanol–water partition coefficient (Wildman–Crippen LogP) is 6.14. The van der Waals surface area contributed by atoms with Gasteiger partial charge in [0.25, 0.3) is 5.91 Å². The summed E-state index contributed by atoms with van der Waals surface area (Å²) in [5.41, 5.74) is 3.21. The number of hydrogen-bond acceptors (Lipinski definition) is 5. The van der Waals surface area contributed by atoms with E-state index in [1.165, 1.54) is 22.6 Å². The van der Waals surface area contributed by atoms with Crippen molar-refractivity contribution in [2.45, 2.75) is 25.7 Å². The Balaban J connectivity index is 1.09. The Kier molecular flexibility index (Phi) is 7.00. The van der Waals surface area contributed by atoms with E-state index in [0.29, 0.717) is 26.8 Å². The van der Waals surface area contributed by atoms with Crippen molar-refractivity contribution in [1.82, 2.24) is 0 Å². The molecule has 1 heterocycles. The van der Waals surface area contributed by atoms with Gasteiger partial charge in [-0.15, -0.1) is 0 Å². The van der Waals surface area contributed by atoms with Gasteiger partial charge in [-0.1, -0.05) is 41.9 Å². The number of imide groups is 1. The van der Waals surface area contributed by atoms with E-state index in [0.717, 1.165) is 18.4 Å². The van der Waals surface area contributed by atoms with Crippen LogP contribution in [-0.4, -0.2) is 30.3 Å². The number of nitrogens with zero attached hydrogens (tertiary/aromatic N) is 1. The number of esters is 1. The molecule has 3 aliphatic rings. The van der Waals surface area contributed by atoms with Gasteiger partial charge < -0.3 is 10.1 Å². The number of ether oxygens (including phenoxy) is 1. The van der Waals surface area contributed by atoms with Gasteiger partial charge in [-0.2, -0.15) is 0 Å². The summed E-state index contributed by atoms with van der Waals surface area (Å²) in [4.78, 5) is 53.1. The first-order valence-corrected chi connectivity index (χ1v) is 14.4. The second-order valence-corrected chi connectivity index (χ2v) is 12.0. The lowest BCUT2D eigenvalue weighted by Crippen LogP contribution is -2.33. The monoisotopic (exact) mass is 620 g/mol. The lowest BCUT2D eigenvalue weighted by molar-refractivity contribution is -0.123. The van der Waals surface area contributed by atoms with Crippen LogP contribution >= 0.6 is 27.5 Å². The van der Waals surface area contributed by atoms with E-state index in [1.54, 1.807) is 24.3 Å². The van der Waals surface area contributed by atoms with Gasteiger partial charge in [-0.3, -0.25) is 19.3 Å². The number of aryl methyl sites for hydroxylation is 1. The van der Waals surface area contributed by atoms with Crippen LogP contribution in [0.3, 0.4) is 0 Å². The number of carbonyl (C=O) groups excluding carboxylic acids is 4. The summed E-state index contributed by atoms with van der Waals surface area (Å²) in [5, 5.41) is 3.13. The van der Waals surface area contributed by atoms with E-state index in [2.05, 4.69) is 33.4 Å². The van der Waals surface area contributed by atoms with Crippen LogP contribution < -0.4 is 10.2 Å². The molecule has 0 radical (unpaired) electrons. The first-order valence-electron chi connectivity index (χ1n) is 13.2. The molecule has 5 atom stereocenters. The zero-order valence-corrected chi connectivity index (χ0v) is 23.9. The number of rotatable bonds is 6.